The Balaban J connectivity index is 1.47. The first-order valence-electron chi connectivity index (χ1n) is 9.43. The molecule has 0 bridgehead atoms. The van der Waals surface area contributed by atoms with E-state index < -0.39 is 0 Å². The van der Waals surface area contributed by atoms with Crippen LogP contribution in [0.25, 0.3) is 22.8 Å². The number of ether oxygens (including phenoxy) is 2. The second-order valence-corrected chi connectivity index (χ2v) is 6.76. The number of carbonyl (C=O) groups excluding carboxylic acids is 1. The van der Waals surface area contributed by atoms with Crippen LogP contribution in [0.4, 0.5) is 0 Å². The molecule has 0 aliphatic rings. The van der Waals surface area contributed by atoms with E-state index >= 15 is 0 Å². The summed E-state index contributed by atoms with van der Waals surface area (Å²) >= 11 is 0. The minimum Gasteiger partial charge on any atom is -0.497 e. The fraction of sp³-hybridized carbons (Fsp3) is 0.125. The van der Waals surface area contributed by atoms with E-state index in [0.29, 0.717) is 28.8 Å². The van der Waals surface area contributed by atoms with E-state index in [-0.39, 0.29) is 12.4 Å². The number of benzene rings is 3. The number of rotatable bonds is 7. The average Bonchev–Trinajstić information content (AvgIpc) is 3.29. The predicted molar refractivity (Wildman–Crippen MR) is 113 cm³/mol. The zero-order valence-electron chi connectivity index (χ0n) is 16.7. The molecule has 6 nitrogen and oxygen atoms in total. The second-order valence-electron chi connectivity index (χ2n) is 6.76. The van der Waals surface area contributed by atoms with Crippen LogP contribution in [0.1, 0.15) is 15.9 Å². The summed E-state index contributed by atoms with van der Waals surface area (Å²) in [6.07, 6.45) is 0. The first-order valence-corrected chi connectivity index (χ1v) is 9.43. The van der Waals surface area contributed by atoms with Crippen LogP contribution in [-0.2, 0) is 0 Å². The standard InChI is InChI=1S/C24H20N2O4/c1-16-9-11-17(12-10-16)22(27)15-29-21-8-3-5-18(13-21)23-25-24(30-26-23)19-6-4-7-20(14-19)28-2/h3-14H,15H2,1-2H3. The van der Waals surface area contributed by atoms with Crippen LogP contribution in [0.3, 0.4) is 0 Å². The molecule has 0 atom stereocenters. The van der Waals surface area contributed by atoms with Gasteiger partial charge < -0.3 is 14.0 Å². The van der Waals surface area contributed by atoms with Crippen molar-refractivity contribution in [2.24, 2.45) is 0 Å². The lowest BCUT2D eigenvalue weighted by molar-refractivity contribution is 0.0921. The molecule has 3 aromatic carbocycles. The monoisotopic (exact) mass is 400 g/mol. The van der Waals surface area contributed by atoms with Crippen molar-refractivity contribution in [1.82, 2.24) is 10.1 Å². The molecular weight excluding hydrogens is 380 g/mol. The Kier molecular flexibility index (Phi) is 5.57. The molecule has 0 saturated carbocycles. The minimum absolute atomic E-state index is 0.0478. The molecule has 0 fully saturated rings. The van der Waals surface area contributed by atoms with Crippen LogP contribution < -0.4 is 9.47 Å². The van der Waals surface area contributed by atoms with Crippen LogP contribution in [0.15, 0.2) is 77.3 Å². The third-order valence-corrected chi connectivity index (χ3v) is 4.58. The van der Waals surface area contributed by atoms with Gasteiger partial charge in [-0.05, 0) is 37.3 Å². The Labute approximate surface area is 174 Å². The van der Waals surface area contributed by atoms with Gasteiger partial charge in [-0.15, -0.1) is 0 Å². The first-order chi connectivity index (χ1) is 14.6. The van der Waals surface area contributed by atoms with Gasteiger partial charge in [-0.2, -0.15) is 4.98 Å². The largest absolute Gasteiger partial charge is 0.497 e. The van der Waals surface area contributed by atoms with E-state index in [1.807, 2.05) is 55.5 Å². The molecule has 0 radical (unpaired) electrons. The SMILES string of the molecule is COc1cccc(-c2nc(-c3cccc(OCC(=O)c4ccc(C)cc4)c3)no2)c1. The summed E-state index contributed by atoms with van der Waals surface area (Å²) < 4.78 is 16.3. The first kappa shape index (κ1) is 19.4. The molecule has 4 rings (SSSR count). The molecule has 0 aliphatic heterocycles. The summed E-state index contributed by atoms with van der Waals surface area (Å²) in [5, 5.41) is 4.06. The Morgan fingerprint density at radius 3 is 2.40 bits per heavy atom. The zero-order valence-corrected chi connectivity index (χ0v) is 16.7. The number of hydrogen-bond donors (Lipinski definition) is 0. The van der Waals surface area contributed by atoms with Gasteiger partial charge in [-0.3, -0.25) is 4.79 Å². The normalized spacial score (nSPS) is 10.6. The van der Waals surface area contributed by atoms with Gasteiger partial charge in [-0.1, -0.05) is 53.2 Å². The van der Waals surface area contributed by atoms with Gasteiger partial charge in [0, 0.05) is 16.7 Å². The average molecular weight is 400 g/mol. The van der Waals surface area contributed by atoms with Gasteiger partial charge in [0.15, 0.2) is 12.4 Å². The number of methoxy groups -OCH3 is 1. The second kappa shape index (κ2) is 8.61. The summed E-state index contributed by atoms with van der Waals surface area (Å²) in [6.45, 7) is 1.93. The molecule has 0 amide bonds. The third kappa shape index (κ3) is 4.38. The van der Waals surface area contributed by atoms with Crippen molar-refractivity contribution in [3.8, 4) is 34.3 Å². The Bertz CT molecular complexity index is 1170. The van der Waals surface area contributed by atoms with Crippen molar-refractivity contribution >= 4 is 5.78 Å². The Morgan fingerprint density at radius 1 is 0.933 bits per heavy atom. The fourth-order valence-corrected chi connectivity index (χ4v) is 2.91. The summed E-state index contributed by atoms with van der Waals surface area (Å²) in [6, 6.07) is 22.1. The van der Waals surface area contributed by atoms with Gasteiger partial charge in [0.05, 0.1) is 7.11 Å². The van der Waals surface area contributed by atoms with Gasteiger partial charge in [0.2, 0.25) is 5.82 Å². The maximum Gasteiger partial charge on any atom is 0.258 e. The predicted octanol–water partition coefficient (Wildman–Crippen LogP) is 4.98. The van der Waals surface area contributed by atoms with Crippen molar-refractivity contribution in [1.29, 1.82) is 0 Å². The van der Waals surface area contributed by atoms with E-state index in [2.05, 4.69) is 10.1 Å². The molecule has 0 unspecified atom stereocenters. The molecule has 1 aromatic heterocycles. The summed E-state index contributed by atoms with van der Waals surface area (Å²) in [5.74, 6) is 2.01. The van der Waals surface area contributed by atoms with Crippen LogP contribution in [-0.4, -0.2) is 29.6 Å². The maximum atomic E-state index is 12.3. The minimum atomic E-state index is -0.0831. The zero-order chi connectivity index (χ0) is 20.9. The Morgan fingerprint density at radius 2 is 1.63 bits per heavy atom. The summed E-state index contributed by atoms with van der Waals surface area (Å²) in [4.78, 5) is 16.8. The van der Waals surface area contributed by atoms with Crippen molar-refractivity contribution in [3.05, 3.63) is 83.9 Å². The lowest BCUT2D eigenvalue weighted by atomic mass is 10.1. The summed E-state index contributed by atoms with van der Waals surface area (Å²) in [5.41, 5.74) is 3.23. The van der Waals surface area contributed by atoms with Crippen molar-refractivity contribution in [2.75, 3.05) is 13.7 Å². The van der Waals surface area contributed by atoms with E-state index in [1.54, 1.807) is 31.4 Å². The van der Waals surface area contributed by atoms with Crippen molar-refractivity contribution in [2.45, 2.75) is 6.92 Å². The number of aryl methyl sites for hydroxylation is 1. The molecule has 6 heteroatoms. The molecule has 150 valence electrons. The van der Waals surface area contributed by atoms with Crippen LogP contribution >= 0.6 is 0 Å². The quantitative estimate of drug-likeness (QED) is 0.407. The van der Waals surface area contributed by atoms with Crippen LogP contribution in [0.5, 0.6) is 11.5 Å². The number of hydrogen-bond acceptors (Lipinski definition) is 6. The molecule has 30 heavy (non-hydrogen) atoms. The lowest BCUT2D eigenvalue weighted by Gasteiger charge is -2.06. The topological polar surface area (TPSA) is 74.5 Å². The highest BCUT2D eigenvalue weighted by molar-refractivity contribution is 5.97. The molecule has 0 N–H and O–H groups in total. The summed E-state index contributed by atoms with van der Waals surface area (Å²) in [7, 11) is 1.60. The highest BCUT2D eigenvalue weighted by atomic mass is 16.5. The van der Waals surface area contributed by atoms with Gasteiger partial charge in [-0.25, -0.2) is 0 Å². The molecule has 1 heterocycles. The number of carbonyl (C=O) groups is 1. The van der Waals surface area contributed by atoms with Gasteiger partial charge in [0.25, 0.3) is 5.89 Å². The van der Waals surface area contributed by atoms with E-state index in [1.165, 1.54) is 0 Å². The van der Waals surface area contributed by atoms with E-state index in [4.69, 9.17) is 14.0 Å². The lowest BCUT2D eigenvalue weighted by Crippen LogP contribution is -2.11. The number of aromatic nitrogens is 2. The van der Waals surface area contributed by atoms with E-state index in [9.17, 15) is 4.79 Å². The molecule has 0 spiro atoms. The highest BCUT2D eigenvalue weighted by Crippen LogP contribution is 2.26. The third-order valence-electron chi connectivity index (χ3n) is 4.58. The van der Waals surface area contributed by atoms with Crippen molar-refractivity contribution < 1.29 is 18.8 Å². The van der Waals surface area contributed by atoms with Crippen LogP contribution in [0, 0.1) is 6.92 Å². The molecule has 4 aromatic rings. The smallest absolute Gasteiger partial charge is 0.258 e. The highest BCUT2D eigenvalue weighted by Gasteiger charge is 2.13. The van der Waals surface area contributed by atoms with Crippen LogP contribution in [0.2, 0.25) is 0 Å². The molecule has 0 aliphatic carbocycles. The number of ketones is 1. The fourth-order valence-electron chi connectivity index (χ4n) is 2.91. The number of Topliss-reactive ketones (excluding diaryl/α,β-unsaturated/α-hetero) is 1. The van der Waals surface area contributed by atoms with Crippen molar-refractivity contribution in [3.63, 3.8) is 0 Å². The molecule has 0 saturated heterocycles. The van der Waals surface area contributed by atoms with Gasteiger partial charge in [0.1, 0.15) is 11.5 Å². The van der Waals surface area contributed by atoms with E-state index in [0.717, 1.165) is 16.7 Å². The molecular formula is C24H20N2O4. The maximum absolute atomic E-state index is 12.3. The Hall–Kier alpha value is -3.93. The van der Waals surface area contributed by atoms with Gasteiger partial charge >= 0.3 is 0 Å². The number of nitrogens with zero attached hydrogens (tertiary/aromatic N) is 2.